The number of rotatable bonds is 6. The number of alkyl halides is 1. The summed E-state index contributed by atoms with van der Waals surface area (Å²) in [4.78, 5) is 0. The summed E-state index contributed by atoms with van der Waals surface area (Å²) >= 11 is 6.10. The quantitative estimate of drug-likeness (QED) is 0.759. The molecule has 3 heteroatoms. The van der Waals surface area contributed by atoms with Crippen molar-refractivity contribution >= 4 is 11.6 Å². The largest absolute Gasteiger partial charge is 0.492 e. The number of halogens is 1. The normalized spacial score (nSPS) is 14.6. The second kappa shape index (κ2) is 6.70. The van der Waals surface area contributed by atoms with Crippen molar-refractivity contribution in [2.45, 2.75) is 31.2 Å². The van der Waals surface area contributed by atoms with Crippen molar-refractivity contribution in [2.24, 2.45) is 5.73 Å². The molecule has 0 saturated carbocycles. The standard InChI is InChI=1S/C12H18ClNO/c1-2-11(14)8-10(13)9-15-12-6-4-3-5-7-12/h3-7,10-11H,2,8-9,14H2,1H3. The van der Waals surface area contributed by atoms with E-state index >= 15 is 0 Å². The van der Waals surface area contributed by atoms with Gasteiger partial charge in [-0.3, -0.25) is 0 Å². The van der Waals surface area contributed by atoms with E-state index in [2.05, 4.69) is 6.92 Å². The van der Waals surface area contributed by atoms with Gasteiger partial charge in [-0.05, 0) is 25.0 Å². The Morgan fingerprint density at radius 2 is 2.00 bits per heavy atom. The molecule has 84 valence electrons. The fourth-order valence-corrected chi connectivity index (χ4v) is 1.56. The van der Waals surface area contributed by atoms with Crippen LogP contribution < -0.4 is 10.5 Å². The van der Waals surface area contributed by atoms with Crippen molar-refractivity contribution in [3.8, 4) is 5.75 Å². The molecule has 2 N–H and O–H groups in total. The molecule has 1 aromatic carbocycles. The average molecular weight is 228 g/mol. The van der Waals surface area contributed by atoms with Crippen molar-refractivity contribution in [1.82, 2.24) is 0 Å². The molecule has 2 atom stereocenters. The average Bonchev–Trinajstić information content (AvgIpc) is 2.27. The van der Waals surface area contributed by atoms with Gasteiger partial charge in [0.15, 0.2) is 0 Å². The molecule has 0 spiro atoms. The van der Waals surface area contributed by atoms with Crippen molar-refractivity contribution in [3.05, 3.63) is 30.3 Å². The minimum Gasteiger partial charge on any atom is -0.492 e. The zero-order valence-electron chi connectivity index (χ0n) is 9.03. The van der Waals surface area contributed by atoms with Crippen LogP contribution in [0.5, 0.6) is 5.75 Å². The molecule has 0 amide bonds. The zero-order valence-corrected chi connectivity index (χ0v) is 9.78. The Balaban J connectivity index is 2.25. The van der Waals surface area contributed by atoms with Gasteiger partial charge in [0.1, 0.15) is 12.4 Å². The van der Waals surface area contributed by atoms with Crippen LogP contribution >= 0.6 is 11.6 Å². The molecule has 0 fully saturated rings. The van der Waals surface area contributed by atoms with E-state index in [1.165, 1.54) is 0 Å². The van der Waals surface area contributed by atoms with Crippen LogP contribution in [0.1, 0.15) is 19.8 Å². The molecular weight excluding hydrogens is 210 g/mol. The van der Waals surface area contributed by atoms with E-state index in [1.807, 2.05) is 30.3 Å². The van der Waals surface area contributed by atoms with Gasteiger partial charge in [0.25, 0.3) is 0 Å². The van der Waals surface area contributed by atoms with Crippen molar-refractivity contribution < 1.29 is 4.74 Å². The third-order valence-corrected chi connectivity index (χ3v) is 2.56. The molecule has 0 saturated heterocycles. The van der Waals surface area contributed by atoms with Gasteiger partial charge in [0.05, 0.1) is 5.38 Å². The smallest absolute Gasteiger partial charge is 0.119 e. The first-order chi connectivity index (χ1) is 7.22. The van der Waals surface area contributed by atoms with E-state index in [1.54, 1.807) is 0 Å². The van der Waals surface area contributed by atoms with E-state index < -0.39 is 0 Å². The highest BCUT2D eigenvalue weighted by atomic mass is 35.5. The third-order valence-electron chi connectivity index (χ3n) is 2.26. The summed E-state index contributed by atoms with van der Waals surface area (Å²) in [6.45, 7) is 2.57. The topological polar surface area (TPSA) is 35.2 Å². The van der Waals surface area contributed by atoms with Crippen molar-refractivity contribution in [1.29, 1.82) is 0 Å². The van der Waals surface area contributed by atoms with Crippen LogP contribution in [0.2, 0.25) is 0 Å². The lowest BCUT2D eigenvalue weighted by atomic mass is 10.1. The predicted octanol–water partition coefficient (Wildman–Crippen LogP) is 2.80. The van der Waals surface area contributed by atoms with Gasteiger partial charge in [0, 0.05) is 6.04 Å². The van der Waals surface area contributed by atoms with Crippen molar-refractivity contribution in [3.63, 3.8) is 0 Å². The van der Waals surface area contributed by atoms with Gasteiger partial charge < -0.3 is 10.5 Å². The monoisotopic (exact) mass is 227 g/mol. The zero-order chi connectivity index (χ0) is 11.1. The molecule has 0 heterocycles. The molecule has 0 aliphatic carbocycles. The minimum absolute atomic E-state index is 0.0137. The summed E-state index contributed by atoms with van der Waals surface area (Å²) in [7, 11) is 0. The van der Waals surface area contributed by atoms with Gasteiger partial charge >= 0.3 is 0 Å². The summed E-state index contributed by atoms with van der Waals surface area (Å²) in [6, 6.07) is 9.85. The Bertz CT molecular complexity index is 266. The molecule has 1 aromatic rings. The number of hydrogen-bond donors (Lipinski definition) is 1. The SMILES string of the molecule is CCC(N)CC(Cl)COc1ccccc1. The number of para-hydroxylation sites is 1. The number of hydrogen-bond acceptors (Lipinski definition) is 2. The molecule has 0 bridgehead atoms. The number of ether oxygens (including phenoxy) is 1. The fourth-order valence-electron chi connectivity index (χ4n) is 1.27. The third kappa shape index (κ3) is 5.05. The maximum Gasteiger partial charge on any atom is 0.119 e. The molecule has 2 unspecified atom stereocenters. The minimum atomic E-state index is -0.0137. The summed E-state index contributed by atoms with van der Waals surface area (Å²) in [5.74, 6) is 0.855. The summed E-state index contributed by atoms with van der Waals surface area (Å²) < 4.78 is 5.53. The molecule has 0 aliphatic heterocycles. The van der Waals surface area contributed by atoms with Crippen LogP contribution in [0.15, 0.2) is 30.3 Å². The first-order valence-electron chi connectivity index (χ1n) is 5.30. The Morgan fingerprint density at radius 3 is 2.60 bits per heavy atom. The van der Waals surface area contributed by atoms with Gasteiger partial charge in [-0.25, -0.2) is 0 Å². The lowest BCUT2D eigenvalue weighted by Gasteiger charge is -2.14. The van der Waals surface area contributed by atoms with Gasteiger partial charge in [-0.15, -0.1) is 11.6 Å². The highest BCUT2D eigenvalue weighted by Gasteiger charge is 2.10. The lowest BCUT2D eigenvalue weighted by Crippen LogP contribution is -2.25. The Morgan fingerprint density at radius 1 is 1.33 bits per heavy atom. The van der Waals surface area contributed by atoms with Crippen LogP contribution in [0.4, 0.5) is 0 Å². The van der Waals surface area contributed by atoms with Crippen LogP contribution in [0.25, 0.3) is 0 Å². The highest BCUT2D eigenvalue weighted by molar-refractivity contribution is 6.20. The second-order valence-electron chi connectivity index (χ2n) is 3.63. The Labute approximate surface area is 96.4 Å². The van der Waals surface area contributed by atoms with Gasteiger partial charge in [-0.1, -0.05) is 25.1 Å². The van der Waals surface area contributed by atoms with Crippen molar-refractivity contribution in [2.75, 3.05) is 6.61 Å². The molecule has 0 radical (unpaired) electrons. The molecule has 15 heavy (non-hydrogen) atoms. The lowest BCUT2D eigenvalue weighted by molar-refractivity contribution is 0.304. The first-order valence-corrected chi connectivity index (χ1v) is 5.73. The Hall–Kier alpha value is -0.730. The van der Waals surface area contributed by atoms with E-state index in [0.29, 0.717) is 6.61 Å². The predicted molar refractivity (Wildman–Crippen MR) is 64.5 cm³/mol. The maximum absolute atomic E-state index is 6.10. The number of benzene rings is 1. The first kappa shape index (κ1) is 12.3. The van der Waals surface area contributed by atoms with Crippen LogP contribution in [-0.2, 0) is 0 Å². The maximum atomic E-state index is 6.10. The Kier molecular flexibility index (Phi) is 5.51. The van der Waals surface area contributed by atoms with E-state index in [0.717, 1.165) is 18.6 Å². The molecule has 0 aromatic heterocycles. The van der Waals surface area contributed by atoms with E-state index in [9.17, 15) is 0 Å². The molecule has 1 rings (SSSR count). The van der Waals surface area contributed by atoms with Gasteiger partial charge in [0.2, 0.25) is 0 Å². The second-order valence-corrected chi connectivity index (χ2v) is 4.24. The summed E-state index contributed by atoms with van der Waals surface area (Å²) in [6.07, 6.45) is 1.75. The summed E-state index contributed by atoms with van der Waals surface area (Å²) in [5, 5.41) is -0.0137. The number of nitrogens with two attached hydrogens (primary N) is 1. The van der Waals surface area contributed by atoms with Crippen LogP contribution in [0.3, 0.4) is 0 Å². The van der Waals surface area contributed by atoms with Crippen LogP contribution in [-0.4, -0.2) is 18.0 Å². The fraction of sp³-hybridized carbons (Fsp3) is 0.500. The van der Waals surface area contributed by atoms with E-state index in [-0.39, 0.29) is 11.4 Å². The molecule has 0 aliphatic rings. The summed E-state index contributed by atoms with van der Waals surface area (Å²) in [5.41, 5.74) is 5.80. The highest BCUT2D eigenvalue weighted by Crippen LogP contribution is 2.12. The van der Waals surface area contributed by atoms with E-state index in [4.69, 9.17) is 22.1 Å². The molecular formula is C12H18ClNO. The molecule has 2 nitrogen and oxygen atoms in total. The van der Waals surface area contributed by atoms with Gasteiger partial charge in [-0.2, -0.15) is 0 Å². The van der Waals surface area contributed by atoms with Crippen LogP contribution in [0, 0.1) is 0 Å².